The molecular weight excluding hydrogens is 254 g/mol. The topological polar surface area (TPSA) is 52.6 Å². The van der Waals surface area contributed by atoms with Crippen molar-refractivity contribution in [2.75, 3.05) is 13.0 Å². The number of esters is 2. The first-order valence-corrected chi connectivity index (χ1v) is 4.93. The lowest BCUT2D eigenvalue weighted by Gasteiger charge is -2.16. The highest BCUT2D eigenvalue weighted by Gasteiger charge is 2.27. The molecule has 0 unspecified atom stereocenters. The minimum absolute atomic E-state index is 0.0819. The number of carbonyl (C=O) groups is 2. The molecule has 0 amide bonds. The van der Waals surface area contributed by atoms with Gasteiger partial charge in [-0.3, -0.25) is 9.59 Å². The van der Waals surface area contributed by atoms with Crippen LogP contribution in [-0.4, -0.2) is 29.4 Å². The summed E-state index contributed by atoms with van der Waals surface area (Å²) in [6, 6.07) is 0. The Balaban J connectivity index is 3.82. The third-order valence-corrected chi connectivity index (χ3v) is 2.25. The lowest BCUT2D eigenvalue weighted by molar-refractivity contribution is -0.151. The Bertz CT molecular complexity index is 217. The van der Waals surface area contributed by atoms with Crippen LogP contribution in [0.25, 0.3) is 0 Å². The van der Waals surface area contributed by atoms with Crippen molar-refractivity contribution in [3.63, 3.8) is 0 Å². The molecule has 0 aromatic heterocycles. The lowest BCUT2D eigenvalue weighted by Crippen LogP contribution is -2.24. The minimum atomic E-state index is -1.74. The largest absolute Gasteiger partial charge is 0.469 e. The zero-order valence-corrected chi connectivity index (χ0v) is 9.66. The quantitative estimate of drug-likeness (QED) is 0.561. The van der Waals surface area contributed by atoms with Crippen LogP contribution in [0.5, 0.6) is 0 Å². The minimum Gasteiger partial charge on any atom is -0.469 e. The maximum absolute atomic E-state index is 11.0. The second kappa shape index (κ2) is 6.32. The molecule has 0 saturated heterocycles. The SMILES string of the molecule is COC(=O)CCC(=O)OC(Cl)(Cl)CCl. The van der Waals surface area contributed by atoms with Crippen LogP contribution in [0.15, 0.2) is 0 Å². The molecule has 0 heterocycles. The normalized spacial score (nSPS) is 10.9. The number of carbonyl (C=O) groups excluding carboxylic acids is 2. The predicted octanol–water partition coefficient (Wildman–Crippen LogP) is 1.85. The predicted molar refractivity (Wildman–Crippen MR) is 52.5 cm³/mol. The second-order valence-electron chi connectivity index (χ2n) is 2.32. The van der Waals surface area contributed by atoms with E-state index in [-0.39, 0.29) is 18.7 Å². The van der Waals surface area contributed by atoms with E-state index in [1.165, 1.54) is 7.11 Å². The molecule has 4 nitrogen and oxygen atoms in total. The zero-order valence-electron chi connectivity index (χ0n) is 7.39. The third kappa shape index (κ3) is 6.29. The number of ether oxygens (including phenoxy) is 2. The summed E-state index contributed by atoms with van der Waals surface area (Å²) >= 11 is 16.2. The van der Waals surface area contributed by atoms with E-state index in [0.717, 1.165) is 0 Å². The number of hydrogen-bond acceptors (Lipinski definition) is 4. The number of hydrogen-bond donors (Lipinski definition) is 0. The molecule has 0 aromatic rings. The fourth-order valence-corrected chi connectivity index (χ4v) is 0.778. The average Bonchev–Trinajstić information content (AvgIpc) is 2.13. The van der Waals surface area contributed by atoms with Crippen LogP contribution >= 0.6 is 34.8 Å². The highest BCUT2D eigenvalue weighted by molar-refractivity contribution is 6.50. The number of alkyl halides is 3. The van der Waals surface area contributed by atoms with Gasteiger partial charge in [-0.15, -0.1) is 11.6 Å². The second-order valence-corrected chi connectivity index (χ2v) is 4.00. The Morgan fingerprint density at radius 1 is 1.21 bits per heavy atom. The molecule has 0 fully saturated rings. The van der Waals surface area contributed by atoms with Crippen molar-refractivity contribution < 1.29 is 19.1 Å². The van der Waals surface area contributed by atoms with Crippen molar-refractivity contribution in [1.29, 1.82) is 0 Å². The van der Waals surface area contributed by atoms with Gasteiger partial charge in [-0.05, 0) is 0 Å². The van der Waals surface area contributed by atoms with Crippen molar-refractivity contribution in [2.24, 2.45) is 0 Å². The number of methoxy groups -OCH3 is 1. The van der Waals surface area contributed by atoms with Gasteiger partial charge >= 0.3 is 11.9 Å². The first-order chi connectivity index (χ1) is 6.41. The Morgan fingerprint density at radius 2 is 1.71 bits per heavy atom. The van der Waals surface area contributed by atoms with E-state index in [2.05, 4.69) is 9.47 Å². The molecule has 0 saturated carbocycles. The van der Waals surface area contributed by atoms with E-state index in [1.54, 1.807) is 0 Å². The summed E-state index contributed by atoms with van der Waals surface area (Å²) in [7, 11) is 1.22. The van der Waals surface area contributed by atoms with Gasteiger partial charge in [0.2, 0.25) is 0 Å². The number of rotatable bonds is 5. The molecule has 14 heavy (non-hydrogen) atoms. The van der Waals surface area contributed by atoms with Crippen LogP contribution in [0.1, 0.15) is 12.8 Å². The maximum atomic E-state index is 11.0. The first kappa shape index (κ1) is 13.8. The molecule has 0 N–H and O–H groups in total. The summed E-state index contributed by atoms with van der Waals surface area (Å²) < 4.78 is 7.11. The van der Waals surface area contributed by atoms with E-state index < -0.39 is 16.5 Å². The number of halogens is 3. The summed E-state index contributed by atoms with van der Waals surface area (Å²) in [4.78, 5) is 21.6. The third-order valence-electron chi connectivity index (χ3n) is 1.18. The van der Waals surface area contributed by atoms with Crippen molar-refractivity contribution in [1.82, 2.24) is 0 Å². The Labute approximate surface area is 96.4 Å². The Morgan fingerprint density at radius 3 is 2.14 bits per heavy atom. The van der Waals surface area contributed by atoms with Gasteiger partial charge in [-0.25, -0.2) is 0 Å². The van der Waals surface area contributed by atoms with E-state index in [1.807, 2.05) is 0 Å². The van der Waals surface area contributed by atoms with E-state index in [0.29, 0.717) is 0 Å². The zero-order chi connectivity index (χ0) is 11.2. The molecule has 0 spiro atoms. The highest BCUT2D eigenvalue weighted by Crippen LogP contribution is 2.24. The summed E-state index contributed by atoms with van der Waals surface area (Å²) in [5, 5.41) is 0. The van der Waals surface area contributed by atoms with Crippen LogP contribution < -0.4 is 0 Å². The molecule has 0 bridgehead atoms. The molecule has 0 rings (SSSR count). The molecule has 82 valence electrons. The summed E-state index contributed by atoms with van der Waals surface area (Å²) in [6.07, 6.45) is -0.230. The van der Waals surface area contributed by atoms with Gasteiger partial charge in [0.15, 0.2) is 0 Å². The molecular formula is C7H9Cl3O4. The van der Waals surface area contributed by atoms with Gasteiger partial charge in [-0.1, -0.05) is 23.2 Å². The van der Waals surface area contributed by atoms with Crippen LogP contribution in [0.3, 0.4) is 0 Å². The van der Waals surface area contributed by atoms with Gasteiger partial charge in [0, 0.05) is 0 Å². The summed E-state index contributed by atoms with van der Waals surface area (Å²) in [5.74, 6) is -1.47. The van der Waals surface area contributed by atoms with E-state index in [4.69, 9.17) is 34.8 Å². The molecule has 0 atom stereocenters. The smallest absolute Gasteiger partial charge is 0.309 e. The maximum Gasteiger partial charge on any atom is 0.309 e. The fourth-order valence-electron chi connectivity index (χ4n) is 0.551. The highest BCUT2D eigenvalue weighted by atomic mass is 35.5. The Hall–Kier alpha value is -0.190. The molecule has 0 aliphatic carbocycles. The van der Waals surface area contributed by atoms with Gasteiger partial charge in [-0.2, -0.15) is 0 Å². The van der Waals surface area contributed by atoms with Gasteiger partial charge < -0.3 is 9.47 Å². The van der Waals surface area contributed by atoms with Crippen LogP contribution in [0, 0.1) is 0 Å². The fraction of sp³-hybridized carbons (Fsp3) is 0.714. The van der Waals surface area contributed by atoms with Crippen LogP contribution in [0.2, 0.25) is 0 Å². The summed E-state index contributed by atoms with van der Waals surface area (Å²) in [5.41, 5.74) is 0. The first-order valence-electron chi connectivity index (χ1n) is 3.63. The molecule has 0 radical (unpaired) electrons. The average molecular weight is 264 g/mol. The summed E-state index contributed by atoms with van der Waals surface area (Å²) in [6.45, 7) is 0. The molecule has 0 aliphatic rings. The molecule has 0 aliphatic heterocycles. The van der Waals surface area contributed by atoms with Gasteiger partial charge in [0.1, 0.15) is 0 Å². The molecule has 7 heteroatoms. The molecule has 0 aromatic carbocycles. The van der Waals surface area contributed by atoms with Crippen molar-refractivity contribution in [3.05, 3.63) is 0 Å². The lowest BCUT2D eigenvalue weighted by atomic mass is 10.3. The van der Waals surface area contributed by atoms with Gasteiger partial charge in [0.25, 0.3) is 4.52 Å². The van der Waals surface area contributed by atoms with E-state index >= 15 is 0 Å². The van der Waals surface area contributed by atoms with Crippen molar-refractivity contribution in [2.45, 2.75) is 17.4 Å². The van der Waals surface area contributed by atoms with Crippen molar-refractivity contribution >= 4 is 46.7 Å². The standard InChI is InChI=1S/C7H9Cl3O4/c1-13-5(11)2-3-6(12)14-7(9,10)4-8/h2-4H2,1H3. The monoisotopic (exact) mass is 262 g/mol. The Kier molecular flexibility index (Phi) is 6.24. The van der Waals surface area contributed by atoms with Crippen LogP contribution in [0.4, 0.5) is 0 Å². The van der Waals surface area contributed by atoms with Gasteiger partial charge in [0.05, 0.1) is 25.8 Å². The van der Waals surface area contributed by atoms with Crippen LogP contribution in [-0.2, 0) is 19.1 Å². The van der Waals surface area contributed by atoms with Crippen molar-refractivity contribution in [3.8, 4) is 0 Å². The van der Waals surface area contributed by atoms with E-state index in [9.17, 15) is 9.59 Å².